The third kappa shape index (κ3) is 3.11. The summed E-state index contributed by atoms with van der Waals surface area (Å²) in [5.74, 6) is -0.119. The molecule has 0 fully saturated rings. The van der Waals surface area contributed by atoms with Crippen molar-refractivity contribution in [3.05, 3.63) is 69.7 Å². The third-order valence-electron chi connectivity index (χ3n) is 4.15. The van der Waals surface area contributed by atoms with Gasteiger partial charge in [-0.2, -0.15) is 0 Å². The average Bonchev–Trinajstić information content (AvgIpc) is 3.15. The van der Waals surface area contributed by atoms with Crippen LogP contribution in [0, 0.1) is 0 Å². The van der Waals surface area contributed by atoms with Gasteiger partial charge in [0.25, 0.3) is 5.56 Å². The second-order valence-electron chi connectivity index (χ2n) is 5.80. The number of aromatic carboxylic acids is 1. The summed E-state index contributed by atoms with van der Waals surface area (Å²) in [5.41, 5.74) is 0.226. The van der Waals surface area contributed by atoms with E-state index < -0.39 is 5.97 Å². The summed E-state index contributed by atoms with van der Waals surface area (Å²) in [7, 11) is 0. The van der Waals surface area contributed by atoms with Crippen molar-refractivity contribution in [3.63, 3.8) is 0 Å². The fraction of sp³-hybridized carbons (Fsp3) is 0.111. The highest BCUT2D eigenvalue weighted by molar-refractivity contribution is 6.30. The Labute approximate surface area is 157 Å². The zero-order valence-corrected chi connectivity index (χ0v) is 14.6. The predicted molar refractivity (Wildman–Crippen MR) is 98.7 cm³/mol. The minimum atomic E-state index is -1.10. The number of nitrogens with zero attached hydrogens (tertiary/aromatic N) is 4. The average molecular weight is 385 g/mol. The van der Waals surface area contributed by atoms with E-state index in [4.69, 9.17) is 16.3 Å². The van der Waals surface area contributed by atoms with Gasteiger partial charge in [0.05, 0.1) is 23.0 Å². The third-order valence-corrected chi connectivity index (χ3v) is 4.40. The number of hydrogen-bond donors (Lipinski definition) is 1. The molecule has 2 aromatic carbocycles. The Morgan fingerprint density at radius 3 is 2.70 bits per heavy atom. The van der Waals surface area contributed by atoms with Crippen molar-refractivity contribution in [2.75, 3.05) is 6.61 Å². The first kappa shape index (κ1) is 17.0. The zero-order valence-electron chi connectivity index (χ0n) is 13.9. The molecule has 0 aliphatic carbocycles. The molecule has 9 heteroatoms. The molecule has 0 radical (unpaired) electrons. The molecule has 0 bridgehead atoms. The van der Waals surface area contributed by atoms with Crippen molar-refractivity contribution in [2.45, 2.75) is 6.54 Å². The standard InChI is InChI=1S/C18H13ClN4O4/c19-12-2-4-13(5-3-12)27-8-7-22-16(24)14-9-11(17(25)26)1-6-15(14)23-10-20-21-18(22)23/h1-6,9-10H,7-8H2,(H,25,26). The van der Waals surface area contributed by atoms with Crippen molar-refractivity contribution in [1.82, 2.24) is 19.2 Å². The Kier molecular flexibility index (Phi) is 4.25. The molecule has 2 aromatic heterocycles. The highest BCUT2D eigenvalue weighted by atomic mass is 35.5. The first-order valence-electron chi connectivity index (χ1n) is 8.02. The number of ether oxygens (including phenoxy) is 1. The largest absolute Gasteiger partial charge is 0.492 e. The van der Waals surface area contributed by atoms with Crippen LogP contribution in [0.3, 0.4) is 0 Å². The van der Waals surface area contributed by atoms with Crippen LogP contribution in [-0.2, 0) is 6.54 Å². The van der Waals surface area contributed by atoms with Crippen LogP contribution in [0.5, 0.6) is 5.75 Å². The number of carboxylic acid groups (broad SMARTS) is 1. The number of rotatable bonds is 5. The molecule has 0 unspecified atom stereocenters. The maximum Gasteiger partial charge on any atom is 0.335 e. The molecule has 0 atom stereocenters. The molecule has 0 amide bonds. The van der Waals surface area contributed by atoms with Crippen LogP contribution in [0.4, 0.5) is 0 Å². The molecule has 8 nitrogen and oxygen atoms in total. The number of hydrogen-bond acceptors (Lipinski definition) is 5. The quantitative estimate of drug-likeness (QED) is 0.567. The van der Waals surface area contributed by atoms with E-state index in [1.165, 1.54) is 23.0 Å². The molecule has 0 saturated carbocycles. The van der Waals surface area contributed by atoms with E-state index in [2.05, 4.69) is 10.2 Å². The van der Waals surface area contributed by atoms with Crippen LogP contribution in [-0.4, -0.2) is 36.8 Å². The van der Waals surface area contributed by atoms with Crippen LogP contribution in [0.25, 0.3) is 16.7 Å². The van der Waals surface area contributed by atoms with E-state index in [-0.39, 0.29) is 29.7 Å². The van der Waals surface area contributed by atoms with Crippen LogP contribution in [0.15, 0.2) is 53.6 Å². The van der Waals surface area contributed by atoms with E-state index in [0.29, 0.717) is 22.1 Å². The number of aromatic nitrogens is 4. The van der Waals surface area contributed by atoms with E-state index in [9.17, 15) is 14.7 Å². The van der Waals surface area contributed by atoms with Gasteiger partial charge in [-0.15, -0.1) is 10.2 Å². The van der Waals surface area contributed by atoms with Crippen LogP contribution in [0.1, 0.15) is 10.4 Å². The molecule has 0 saturated heterocycles. The van der Waals surface area contributed by atoms with Gasteiger partial charge in [-0.25, -0.2) is 4.79 Å². The second kappa shape index (κ2) is 6.73. The molecule has 4 rings (SSSR count). The number of carboxylic acids is 1. The monoisotopic (exact) mass is 384 g/mol. The van der Waals surface area contributed by atoms with Gasteiger partial charge in [0.2, 0.25) is 5.78 Å². The lowest BCUT2D eigenvalue weighted by Gasteiger charge is -2.11. The summed E-state index contributed by atoms with van der Waals surface area (Å²) < 4.78 is 8.71. The lowest BCUT2D eigenvalue weighted by Crippen LogP contribution is -2.26. The lowest BCUT2D eigenvalue weighted by molar-refractivity contribution is 0.0697. The minimum absolute atomic E-state index is 0.0380. The fourth-order valence-electron chi connectivity index (χ4n) is 2.86. The molecule has 1 N–H and O–H groups in total. The van der Waals surface area contributed by atoms with E-state index in [1.807, 2.05) is 0 Å². The van der Waals surface area contributed by atoms with Gasteiger partial charge in [-0.05, 0) is 42.5 Å². The van der Waals surface area contributed by atoms with Crippen LogP contribution >= 0.6 is 11.6 Å². The van der Waals surface area contributed by atoms with Gasteiger partial charge in [-0.1, -0.05) is 11.6 Å². The number of halogens is 1. The summed E-state index contributed by atoms with van der Waals surface area (Å²) >= 11 is 5.84. The molecule has 0 aliphatic heterocycles. The van der Waals surface area contributed by atoms with Crippen LogP contribution < -0.4 is 10.3 Å². The molecule has 0 aliphatic rings. The molecule has 4 aromatic rings. The van der Waals surface area contributed by atoms with Gasteiger partial charge >= 0.3 is 5.97 Å². The molecule has 0 spiro atoms. The second-order valence-corrected chi connectivity index (χ2v) is 6.23. The fourth-order valence-corrected chi connectivity index (χ4v) is 2.98. The summed E-state index contributed by atoms with van der Waals surface area (Å²) in [6.45, 7) is 0.436. The molecule has 2 heterocycles. The van der Waals surface area contributed by atoms with Gasteiger partial charge in [0, 0.05) is 5.02 Å². The van der Waals surface area contributed by atoms with Crippen LogP contribution in [0.2, 0.25) is 5.02 Å². The van der Waals surface area contributed by atoms with Gasteiger partial charge in [-0.3, -0.25) is 13.8 Å². The van der Waals surface area contributed by atoms with Gasteiger partial charge in [0.15, 0.2) is 0 Å². The van der Waals surface area contributed by atoms with E-state index in [0.717, 1.165) is 0 Å². The van der Waals surface area contributed by atoms with Crippen molar-refractivity contribution in [1.29, 1.82) is 0 Å². The summed E-state index contributed by atoms with van der Waals surface area (Å²) in [6.07, 6.45) is 1.48. The van der Waals surface area contributed by atoms with Gasteiger partial charge in [0.1, 0.15) is 18.7 Å². The van der Waals surface area contributed by atoms with Crippen molar-refractivity contribution in [3.8, 4) is 5.75 Å². The Balaban J connectivity index is 1.73. The number of carbonyl (C=O) groups is 1. The topological polar surface area (TPSA) is 98.7 Å². The van der Waals surface area contributed by atoms with E-state index in [1.54, 1.807) is 34.7 Å². The van der Waals surface area contributed by atoms with Crippen molar-refractivity contribution >= 4 is 34.3 Å². The number of benzene rings is 2. The maximum atomic E-state index is 12.9. The summed E-state index contributed by atoms with van der Waals surface area (Å²) in [6, 6.07) is 11.3. The normalized spacial score (nSPS) is 11.1. The predicted octanol–water partition coefficient (Wildman–Crippen LogP) is 2.47. The highest BCUT2D eigenvalue weighted by Crippen LogP contribution is 2.17. The van der Waals surface area contributed by atoms with Crippen molar-refractivity contribution < 1.29 is 14.6 Å². The molecular weight excluding hydrogens is 372 g/mol. The molecule has 136 valence electrons. The Hall–Kier alpha value is -3.39. The minimum Gasteiger partial charge on any atom is -0.492 e. The Morgan fingerprint density at radius 1 is 1.19 bits per heavy atom. The summed E-state index contributed by atoms with van der Waals surface area (Å²) in [4.78, 5) is 24.2. The first-order chi connectivity index (χ1) is 13.0. The molecular formula is C18H13ClN4O4. The zero-order chi connectivity index (χ0) is 19.0. The summed E-state index contributed by atoms with van der Waals surface area (Å²) in [5, 5.41) is 18.0. The highest BCUT2D eigenvalue weighted by Gasteiger charge is 2.14. The molecule has 27 heavy (non-hydrogen) atoms. The number of fused-ring (bicyclic) bond motifs is 3. The SMILES string of the molecule is O=C(O)c1ccc2c(c1)c(=O)n(CCOc1ccc(Cl)cc1)c1nncn21. The maximum absolute atomic E-state index is 12.9. The van der Waals surface area contributed by atoms with E-state index >= 15 is 0 Å². The van der Waals surface area contributed by atoms with Crippen molar-refractivity contribution in [2.24, 2.45) is 0 Å². The smallest absolute Gasteiger partial charge is 0.335 e. The first-order valence-corrected chi connectivity index (χ1v) is 8.40. The lowest BCUT2D eigenvalue weighted by atomic mass is 10.1. The van der Waals surface area contributed by atoms with Gasteiger partial charge < -0.3 is 9.84 Å². The Morgan fingerprint density at radius 2 is 1.96 bits per heavy atom. The Bertz CT molecular complexity index is 1210.